The first-order valence-corrected chi connectivity index (χ1v) is 6.95. The van der Waals surface area contributed by atoms with Crippen molar-refractivity contribution in [1.82, 2.24) is 0 Å². The number of carbonyl (C=O) groups excluding carboxylic acids is 1. The predicted octanol–water partition coefficient (Wildman–Crippen LogP) is 3.64. The van der Waals surface area contributed by atoms with Gasteiger partial charge in [0.25, 0.3) is 5.91 Å². The normalized spacial score (nSPS) is 10.2. The lowest BCUT2D eigenvalue weighted by molar-refractivity contribution is 0.0696. The van der Waals surface area contributed by atoms with E-state index in [2.05, 4.69) is 21.2 Å². The fraction of sp³-hybridized carbons (Fsp3) is 0. The first-order chi connectivity index (χ1) is 9.88. The molecule has 1 amide bonds. The Morgan fingerprint density at radius 2 is 1.90 bits per heavy atom. The molecule has 0 radical (unpaired) electrons. The van der Waals surface area contributed by atoms with Crippen LogP contribution < -0.4 is 11.1 Å². The summed E-state index contributed by atoms with van der Waals surface area (Å²) < 4.78 is 0.569. The summed E-state index contributed by atoms with van der Waals surface area (Å²) in [5, 5.41) is 11.8. The molecule has 0 bridgehead atoms. The third kappa shape index (κ3) is 3.53. The van der Waals surface area contributed by atoms with Gasteiger partial charge in [-0.25, -0.2) is 4.79 Å². The second-order valence-corrected chi connectivity index (χ2v) is 5.45. The van der Waals surface area contributed by atoms with Crippen LogP contribution in [0.5, 0.6) is 0 Å². The SMILES string of the molecule is Nc1ccc(Br)c(C(=O)Nc2cc(C(=O)O)ccc2Cl)c1. The van der Waals surface area contributed by atoms with Crippen LogP contribution in [0.2, 0.25) is 5.02 Å². The molecule has 0 unspecified atom stereocenters. The number of nitrogens with one attached hydrogen (secondary N) is 1. The number of nitrogens with two attached hydrogens (primary N) is 1. The van der Waals surface area contributed by atoms with Gasteiger partial charge < -0.3 is 16.2 Å². The fourth-order valence-electron chi connectivity index (χ4n) is 1.66. The molecule has 7 heteroatoms. The third-order valence-electron chi connectivity index (χ3n) is 2.70. The number of benzene rings is 2. The van der Waals surface area contributed by atoms with E-state index in [4.69, 9.17) is 22.4 Å². The van der Waals surface area contributed by atoms with Crippen molar-refractivity contribution >= 4 is 50.8 Å². The molecular formula is C14H10BrClN2O3. The van der Waals surface area contributed by atoms with Crippen LogP contribution in [0.1, 0.15) is 20.7 Å². The van der Waals surface area contributed by atoms with Crippen molar-refractivity contribution in [3.63, 3.8) is 0 Å². The van der Waals surface area contributed by atoms with Gasteiger partial charge in [0.15, 0.2) is 0 Å². The molecular weight excluding hydrogens is 360 g/mol. The second kappa shape index (κ2) is 6.15. The van der Waals surface area contributed by atoms with Crippen LogP contribution in [0.3, 0.4) is 0 Å². The minimum Gasteiger partial charge on any atom is -0.478 e. The summed E-state index contributed by atoms with van der Waals surface area (Å²) in [5.41, 5.74) is 6.66. The van der Waals surface area contributed by atoms with Crippen molar-refractivity contribution in [1.29, 1.82) is 0 Å². The van der Waals surface area contributed by atoms with Crippen LogP contribution >= 0.6 is 27.5 Å². The van der Waals surface area contributed by atoms with Gasteiger partial charge in [-0.3, -0.25) is 4.79 Å². The lowest BCUT2D eigenvalue weighted by atomic mass is 10.1. The largest absolute Gasteiger partial charge is 0.478 e. The van der Waals surface area contributed by atoms with Gasteiger partial charge in [0, 0.05) is 10.2 Å². The minimum atomic E-state index is -1.10. The second-order valence-electron chi connectivity index (χ2n) is 4.19. The molecule has 0 atom stereocenters. The van der Waals surface area contributed by atoms with E-state index in [0.29, 0.717) is 15.7 Å². The Morgan fingerprint density at radius 1 is 1.19 bits per heavy atom. The van der Waals surface area contributed by atoms with Crippen molar-refractivity contribution in [3.8, 4) is 0 Å². The number of hydrogen-bond donors (Lipinski definition) is 3. The van der Waals surface area contributed by atoms with E-state index in [-0.39, 0.29) is 16.3 Å². The van der Waals surface area contributed by atoms with Gasteiger partial charge in [-0.2, -0.15) is 0 Å². The van der Waals surface area contributed by atoms with E-state index in [9.17, 15) is 9.59 Å². The minimum absolute atomic E-state index is 0.0290. The van der Waals surface area contributed by atoms with Gasteiger partial charge in [0.2, 0.25) is 0 Å². The first-order valence-electron chi connectivity index (χ1n) is 5.77. The summed E-state index contributed by atoms with van der Waals surface area (Å²) in [4.78, 5) is 23.2. The molecule has 0 saturated carbocycles. The third-order valence-corrected chi connectivity index (χ3v) is 3.72. The van der Waals surface area contributed by atoms with E-state index in [1.807, 2.05) is 0 Å². The van der Waals surface area contributed by atoms with E-state index in [1.54, 1.807) is 12.1 Å². The van der Waals surface area contributed by atoms with Crippen LogP contribution in [0, 0.1) is 0 Å². The van der Waals surface area contributed by atoms with E-state index in [1.165, 1.54) is 24.3 Å². The van der Waals surface area contributed by atoms with Gasteiger partial charge in [0.05, 0.1) is 21.8 Å². The number of rotatable bonds is 3. The summed E-state index contributed by atoms with van der Waals surface area (Å²) in [5.74, 6) is -1.55. The zero-order valence-corrected chi connectivity index (χ0v) is 12.9. The molecule has 0 fully saturated rings. The molecule has 2 rings (SSSR count). The highest BCUT2D eigenvalue weighted by Crippen LogP contribution is 2.26. The molecule has 2 aromatic rings. The van der Waals surface area contributed by atoms with E-state index in [0.717, 1.165) is 0 Å². The average Bonchev–Trinajstić information content (AvgIpc) is 2.43. The summed E-state index contributed by atoms with van der Waals surface area (Å²) in [6, 6.07) is 8.88. The molecule has 21 heavy (non-hydrogen) atoms. The number of halogens is 2. The molecule has 0 aliphatic carbocycles. The van der Waals surface area contributed by atoms with Crippen molar-refractivity contribution < 1.29 is 14.7 Å². The molecule has 0 aromatic heterocycles. The van der Waals surface area contributed by atoms with Crippen LogP contribution in [-0.2, 0) is 0 Å². The molecule has 0 aliphatic heterocycles. The Labute approximate surface area is 133 Å². The topological polar surface area (TPSA) is 92.4 Å². The number of amides is 1. The molecule has 4 N–H and O–H groups in total. The molecule has 0 spiro atoms. The lowest BCUT2D eigenvalue weighted by Crippen LogP contribution is -2.14. The van der Waals surface area contributed by atoms with Gasteiger partial charge in [-0.15, -0.1) is 0 Å². The smallest absolute Gasteiger partial charge is 0.335 e. The lowest BCUT2D eigenvalue weighted by Gasteiger charge is -2.10. The van der Waals surface area contributed by atoms with Gasteiger partial charge in [-0.1, -0.05) is 11.6 Å². The highest BCUT2D eigenvalue weighted by atomic mass is 79.9. The van der Waals surface area contributed by atoms with Gasteiger partial charge >= 0.3 is 5.97 Å². The summed E-state index contributed by atoms with van der Waals surface area (Å²) in [7, 11) is 0. The maximum Gasteiger partial charge on any atom is 0.335 e. The number of nitrogen functional groups attached to an aromatic ring is 1. The first kappa shape index (κ1) is 15.3. The zero-order valence-electron chi connectivity index (χ0n) is 10.6. The Bertz CT molecular complexity index is 734. The van der Waals surface area contributed by atoms with Crippen LogP contribution in [0.25, 0.3) is 0 Å². The molecule has 5 nitrogen and oxygen atoms in total. The maximum absolute atomic E-state index is 12.2. The molecule has 2 aromatic carbocycles. The molecule has 0 aliphatic rings. The molecule has 108 valence electrons. The Balaban J connectivity index is 2.33. The zero-order chi connectivity index (χ0) is 15.6. The maximum atomic E-state index is 12.2. The highest BCUT2D eigenvalue weighted by Gasteiger charge is 2.14. The van der Waals surface area contributed by atoms with Gasteiger partial charge in [-0.05, 0) is 52.3 Å². The van der Waals surface area contributed by atoms with Gasteiger partial charge in [0.1, 0.15) is 0 Å². The number of aromatic carboxylic acids is 1. The predicted molar refractivity (Wildman–Crippen MR) is 84.9 cm³/mol. The van der Waals surface area contributed by atoms with E-state index < -0.39 is 11.9 Å². The number of carboxylic acid groups (broad SMARTS) is 1. The van der Waals surface area contributed by atoms with Crippen molar-refractivity contribution in [2.75, 3.05) is 11.1 Å². The van der Waals surface area contributed by atoms with Crippen LogP contribution in [0.15, 0.2) is 40.9 Å². The number of carboxylic acids is 1. The molecule has 0 heterocycles. The Morgan fingerprint density at radius 3 is 2.57 bits per heavy atom. The summed E-state index contributed by atoms with van der Waals surface area (Å²) in [6.07, 6.45) is 0. The quantitative estimate of drug-likeness (QED) is 0.720. The highest BCUT2D eigenvalue weighted by molar-refractivity contribution is 9.10. The van der Waals surface area contributed by atoms with Crippen molar-refractivity contribution in [2.24, 2.45) is 0 Å². The van der Waals surface area contributed by atoms with Crippen LogP contribution in [0.4, 0.5) is 11.4 Å². The van der Waals surface area contributed by atoms with Crippen molar-refractivity contribution in [2.45, 2.75) is 0 Å². The molecule has 0 saturated heterocycles. The Kier molecular flexibility index (Phi) is 4.50. The Hall–Kier alpha value is -2.05. The number of anilines is 2. The number of carbonyl (C=O) groups is 2. The monoisotopic (exact) mass is 368 g/mol. The number of hydrogen-bond acceptors (Lipinski definition) is 3. The average molecular weight is 370 g/mol. The standard InChI is InChI=1S/C14H10BrClN2O3/c15-10-3-2-8(17)6-9(10)13(19)18-12-5-7(14(20)21)1-4-11(12)16/h1-6H,17H2,(H,18,19)(H,20,21). The van der Waals surface area contributed by atoms with Crippen molar-refractivity contribution in [3.05, 3.63) is 57.0 Å². The fourth-order valence-corrected chi connectivity index (χ4v) is 2.25. The van der Waals surface area contributed by atoms with Crippen LogP contribution in [-0.4, -0.2) is 17.0 Å². The summed E-state index contributed by atoms with van der Waals surface area (Å²) in [6.45, 7) is 0. The summed E-state index contributed by atoms with van der Waals surface area (Å²) >= 11 is 9.22. The van der Waals surface area contributed by atoms with E-state index >= 15 is 0 Å².